The first-order valence-electron chi connectivity index (χ1n) is 23.4. The van der Waals surface area contributed by atoms with Crippen LogP contribution in [0.1, 0.15) is 73.9 Å². The van der Waals surface area contributed by atoms with Crippen molar-refractivity contribution in [2.75, 3.05) is 87.6 Å². The summed E-state index contributed by atoms with van der Waals surface area (Å²) in [4.78, 5) is 67.4. The van der Waals surface area contributed by atoms with Gasteiger partial charge in [-0.25, -0.2) is 27.7 Å². The number of nitrogens with zero attached hydrogens (tertiary/aromatic N) is 10. The molecule has 0 bridgehead atoms. The molecule has 0 radical (unpaired) electrons. The SMILES string of the molecule is Cc1c(Cc2cncc(NS(=O)(=O)NCCCCCCCCC(=O)N3CCN(c4nc(N5CCOCC5)nc(-n5c(C(F)F)nc6ccccc65)n4)CC3)c2F)c(=O)oc2cc(OC(=O)N(C)C)ccc12. The first kappa shape index (κ1) is 50.5. The highest BCUT2D eigenvalue weighted by molar-refractivity contribution is 7.90. The van der Waals surface area contributed by atoms with Crippen molar-refractivity contribution in [1.29, 1.82) is 0 Å². The van der Waals surface area contributed by atoms with E-state index in [1.54, 1.807) is 43.3 Å². The van der Waals surface area contributed by atoms with E-state index in [0.29, 0.717) is 106 Å². The van der Waals surface area contributed by atoms with Gasteiger partial charge >= 0.3 is 11.7 Å². The molecule has 2 aliphatic rings. The molecule has 0 spiro atoms. The van der Waals surface area contributed by atoms with Crippen LogP contribution in [0.2, 0.25) is 0 Å². The Morgan fingerprint density at radius 2 is 1.54 bits per heavy atom. The molecular weight excluding hydrogens is 950 g/mol. The van der Waals surface area contributed by atoms with Crippen molar-refractivity contribution in [2.24, 2.45) is 0 Å². The summed E-state index contributed by atoms with van der Waals surface area (Å²) >= 11 is 0. The molecule has 8 rings (SSSR count). The number of imidazole rings is 1. The summed E-state index contributed by atoms with van der Waals surface area (Å²) in [6.45, 7) is 5.55. The lowest BCUT2D eigenvalue weighted by molar-refractivity contribution is -0.131. The number of fused-ring (bicyclic) bond motifs is 2. The zero-order valence-electron chi connectivity index (χ0n) is 39.6. The quantitative estimate of drug-likeness (QED) is 0.0711. The van der Waals surface area contributed by atoms with Gasteiger partial charge in [0.1, 0.15) is 17.0 Å². The molecule has 2 aliphatic heterocycles. The molecule has 20 nitrogen and oxygen atoms in total. The molecule has 2 N–H and O–H groups in total. The summed E-state index contributed by atoms with van der Waals surface area (Å²) in [6, 6.07) is 11.4. The zero-order chi connectivity index (χ0) is 50.2. The number of nitrogens with one attached hydrogen (secondary N) is 2. The molecule has 6 heterocycles. The highest BCUT2D eigenvalue weighted by atomic mass is 32.2. The molecule has 2 saturated heterocycles. The number of pyridine rings is 1. The Labute approximate surface area is 407 Å². The number of hydrogen-bond donors (Lipinski definition) is 2. The van der Waals surface area contributed by atoms with Crippen LogP contribution >= 0.6 is 0 Å². The van der Waals surface area contributed by atoms with E-state index in [1.807, 2.05) is 14.7 Å². The summed E-state index contributed by atoms with van der Waals surface area (Å²) in [5.41, 5.74) is 0.546. The molecule has 0 saturated carbocycles. The van der Waals surface area contributed by atoms with Gasteiger partial charge in [0.15, 0.2) is 11.6 Å². The fourth-order valence-electron chi connectivity index (χ4n) is 8.41. The third kappa shape index (κ3) is 12.2. The second kappa shape index (κ2) is 22.4. The number of alkyl halides is 2. The number of ether oxygens (including phenoxy) is 2. The molecule has 0 unspecified atom stereocenters. The van der Waals surface area contributed by atoms with E-state index in [1.165, 1.54) is 35.8 Å². The van der Waals surface area contributed by atoms with Gasteiger partial charge in [-0.15, -0.1) is 0 Å². The molecule has 6 aromatic rings. The topological polar surface area (TPSA) is 223 Å². The number of aromatic nitrogens is 6. The van der Waals surface area contributed by atoms with Crippen LogP contribution in [-0.2, 0) is 26.2 Å². The van der Waals surface area contributed by atoms with Crippen molar-refractivity contribution in [3.63, 3.8) is 0 Å². The number of unbranched alkanes of at least 4 members (excludes halogenated alkanes) is 5. The largest absolute Gasteiger partial charge is 0.422 e. The summed E-state index contributed by atoms with van der Waals surface area (Å²) in [5, 5.41) is 0.545. The number of carbonyl (C=O) groups is 2. The average molecular weight is 1010 g/mol. The molecule has 2 amide bonds. The van der Waals surface area contributed by atoms with Crippen molar-refractivity contribution in [2.45, 2.75) is 64.7 Å². The Morgan fingerprint density at radius 3 is 2.25 bits per heavy atom. The van der Waals surface area contributed by atoms with Crippen molar-refractivity contribution < 1.29 is 45.1 Å². The number of halogens is 3. The third-order valence-electron chi connectivity index (χ3n) is 12.3. The molecule has 2 aromatic carbocycles. The predicted molar refractivity (Wildman–Crippen MR) is 258 cm³/mol. The number of hydrogen-bond acceptors (Lipinski definition) is 15. The lowest BCUT2D eigenvalue weighted by Crippen LogP contribution is -2.49. The van der Waals surface area contributed by atoms with Crippen molar-refractivity contribution in [3.05, 3.63) is 93.6 Å². The van der Waals surface area contributed by atoms with E-state index in [2.05, 4.69) is 29.4 Å². The Hall–Kier alpha value is -6.92. The molecule has 0 atom stereocenters. The van der Waals surface area contributed by atoms with E-state index in [0.717, 1.165) is 31.9 Å². The van der Waals surface area contributed by atoms with Gasteiger partial charge in [-0.3, -0.25) is 19.1 Å². The fourth-order valence-corrected chi connectivity index (χ4v) is 9.32. The summed E-state index contributed by atoms with van der Waals surface area (Å²) in [7, 11) is -1.11. The predicted octanol–water partition coefficient (Wildman–Crippen LogP) is 5.91. The van der Waals surface area contributed by atoms with Crippen LogP contribution < -0.4 is 29.6 Å². The van der Waals surface area contributed by atoms with Crippen molar-refractivity contribution in [1.82, 2.24) is 44.0 Å². The molecule has 0 aliphatic carbocycles. The van der Waals surface area contributed by atoms with Crippen molar-refractivity contribution >= 4 is 61.8 Å². The minimum Gasteiger partial charge on any atom is -0.422 e. The molecule has 2 fully saturated rings. The van der Waals surface area contributed by atoms with Crippen LogP contribution in [0.25, 0.3) is 28.0 Å². The highest BCUT2D eigenvalue weighted by Gasteiger charge is 2.28. The van der Waals surface area contributed by atoms with E-state index in [9.17, 15) is 31.6 Å². The number of rotatable bonds is 19. The Kier molecular flexibility index (Phi) is 16.0. The molecule has 71 heavy (non-hydrogen) atoms. The Bertz CT molecular complexity index is 3050. The fraction of sp³-hybridized carbons (Fsp3) is 0.447. The van der Waals surface area contributed by atoms with Gasteiger partial charge in [0.2, 0.25) is 23.8 Å². The van der Waals surface area contributed by atoms with Gasteiger partial charge in [-0.05, 0) is 49.6 Å². The van der Waals surface area contributed by atoms with Crippen LogP contribution in [0.4, 0.5) is 35.5 Å². The Morgan fingerprint density at radius 1 is 0.859 bits per heavy atom. The lowest BCUT2D eigenvalue weighted by atomic mass is 10.00. The van der Waals surface area contributed by atoms with Crippen LogP contribution in [0.3, 0.4) is 0 Å². The average Bonchev–Trinajstić information content (AvgIpc) is 3.76. The van der Waals surface area contributed by atoms with Gasteiger partial charge in [0.05, 0.1) is 30.4 Å². The number of aryl methyl sites for hydroxylation is 1. The summed E-state index contributed by atoms with van der Waals surface area (Å²) in [5.74, 6) is -0.421. The number of morpholine rings is 1. The number of piperazine rings is 1. The van der Waals surface area contributed by atoms with E-state index in [4.69, 9.17) is 18.9 Å². The van der Waals surface area contributed by atoms with Gasteiger partial charge in [-0.2, -0.15) is 28.1 Å². The number of amides is 2. The third-order valence-corrected chi connectivity index (χ3v) is 13.4. The van der Waals surface area contributed by atoms with Gasteiger partial charge in [0.25, 0.3) is 16.6 Å². The van der Waals surface area contributed by atoms with Crippen LogP contribution in [-0.4, -0.2) is 133 Å². The number of anilines is 3. The van der Waals surface area contributed by atoms with Gasteiger partial charge in [0, 0.05) is 102 Å². The second-order valence-electron chi connectivity index (χ2n) is 17.4. The lowest BCUT2D eigenvalue weighted by Gasteiger charge is -2.35. The van der Waals surface area contributed by atoms with Crippen LogP contribution in [0.15, 0.2) is 64.1 Å². The maximum absolute atomic E-state index is 15.7. The monoisotopic (exact) mass is 1000 g/mol. The second-order valence-corrected chi connectivity index (χ2v) is 18.9. The van der Waals surface area contributed by atoms with E-state index in [-0.39, 0.29) is 53.0 Å². The van der Waals surface area contributed by atoms with Gasteiger partial charge < -0.3 is 33.5 Å². The smallest absolute Gasteiger partial charge is 0.414 e. The van der Waals surface area contributed by atoms with Crippen molar-refractivity contribution in [3.8, 4) is 11.7 Å². The van der Waals surface area contributed by atoms with E-state index >= 15 is 4.39 Å². The van der Waals surface area contributed by atoms with Gasteiger partial charge in [-0.1, -0.05) is 37.8 Å². The van der Waals surface area contributed by atoms with Crippen LogP contribution in [0, 0.1) is 12.7 Å². The maximum Gasteiger partial charge on any atom is 0.414 e. The number of carbonyl (C=O) groups excluding carboxylic acids is 2. The standard InChI is InChI=1S/C47H55F3N12O8S/c1-30-33-16-15-32(69-47(65)58(2)3)27-38(33)70-43(64)34(30)26-31-28-51-29-36(40(31)48)57-71(66,67)52-17-11-7-5-4-6-8-14-39(63)59-18-20-60(21-19-59)44-54-45(61-22-24-68-25-23-61)56-46(55-44)62-37-13-10-9-12-35(37)53-42(62)41(49)50/h9-10,12-13,15-16,27-29,41,52,57H,4-8,11,14,17-26H2,1-3H3. The highest BCUT2D eigenvalue weighted by Crippen LogP contribution is 2.30. The molecular formula is C47H55F3N12O8S. The summed E-state index contributed by atoms with van der Waals surface area (Å²) < 4.78 is 92.3. The molecule has 378 valence electrons. The minimum absolute atomic E-state index is 0.0267. The van der Waals surface area contributed by atoms with Crippen LogP contribution in [0.5, 0.6) is 5.75 Å². The first-order chi connectivity index (χ1) is 34.2. The van der Waals surface area contributed by atoms with E-state index < -0.39 is 40.0 Å². The maximum atomic E-state index is 15.7. The number of benzene rings is 2. The molecule has 4 aromatic heterocycles. The first-order valence-corrected chi connectivity index (χ1v) is 24.9. The number of para-hydroxylation sites is 2. The summed E-state index contributed by atoms with van der Waals surface area (Å²) in [6.07, 6.45) is 3.39. The normalized spacial score (nSPS) is 14.4. The zero-order valence-corrected chi connectivity index (χ0v) is 40.4. The minimum atomic E-state index is -4.17. The Balaban J connectivity index is 0.761. The molecule has 24 heteroatoms.